The third kappa shape index (κ3) is 3.59. The number of benzene rings is 1. The van der Waals surface area contributed by atoms with E-state index >= 15 is 0 Å². The standard InChI is InChI=1S/C12H14INO4/c1-3-14(7-11(16)18-2)12(17)8-4-5-9(13)10(15)6-8/h4-6,15H,3,7H2,1-2H3. The van der Waals surface area contributed by atoms with E-state index in [1.807, 2.05) is 22.6 Å². The summed E-state index contributed by atoms with van der Waals surface area (Å²) < 4.78 is 5.19. The average Bonchev–Trinajstić information content (AvgIpc) is 2.38. The highest BCUT2D eigenvalue weighted by atomic mass is 127. The molecule has 1 aromatic carbocycles. The predicted molar refractivity (Wildman–Crippen MR) is 74.4 cm³/mol. The molecule has 0 atom stereocenters. The Morgan fingerprint density at radius 1 is 1.44 bits per heavy atom. The predicted octanol–water partition coefficient (Wildman–Crippen LogP) is 1.63. The van der Waals surface area contributed by atoms with Crippen molar-refractivity contribution < 1.29 is 19.4 Å². The quantitative estimate of drug-likeness (QED) is 0.653. The van der Waals surface area contributed by atoms with Gasteiger partial charge in [0.05, 0.1) is 10.7 Å². The lowest BCUT2D eigenvalue weighted by Gasteiger charge is -2.19. The third-order valence-electron chi connectivity index (χ3n) is 2.41. The van der Waals surface area contributed by atoms with Crippen molar-refractivity contribution in [3.63, 3.8) is 0 Å². The van der Waals surface area contributed by atoms with Crippen molar-refractivity contribution >= 4 is 34.5 Å². The minimum Gasteiger partial charge on any atom is -0.507 e. The molecule has 0 saturated carbocycles. The van der Waals surface area contributed by atoms with Gasteiger partial charge >= 0.3 is 5.97 Å². The summed E-state index contributed by atoms with van der Waals surface area (Å²) in [5.41, 5.74) is 0.346. The molecule has 0 aromatic heterocycles. The van der Waals surface area contributed by atoms with Crippen LogP contribution < -0.4 is 0 Å². The van der Waals surface area contributed by atoms with Gasteiger partial charge in [-0.05, 0) is 47.7 Å². The van der Waals surface area contributed by atoms with E-state index in [9.17, 15) is 14.7 Å². The molecule has 0 aliphatic heterocycles. The first-order chi connectivity index (χ1) is 8.49. The van der Waals surface area contributed by atoms with Gasteiger partial charge in [-0.25, -0.2) is 0 Å². The first kappa shape index (κ1) is 14.7. The van der Waals surface area contributed by atoms with Gasteiger partial charge in [0.1, 0.15) is 12.3 Å². The number of aromatic hydroxyl groups is 1. The van der Waals surface area contributed by atoms with Crippen molar-refractivity contribution in [1.82, 2.24) is 4.90 Å². The molecule has 0 radical (unpaired) electrons. The lowest BCUT2D eigenvalue weighted by Crippen LogP contribution is -2.36. The molecular weight excluding hydrogens is 349 g/mol. The van der Waals surface area contributed by atoms with Crippen molar-refractivity contribution in [2.45, 2.75) is 6.92 Å². The van der Waals surface area contributed by atoms with Gasteiger partial charge in [0.2, 0.25) is 0 Å². The summed E-state index contributed by atoms with van der Waals surface area (Å²) in [5, 5.41) is 9.56. The van der Waals surface area contributed by atoms with Crippen molar-refractivity contribution in [1.29, 1.82) is 0 Å². The fraction of sp³-hybridized carbons (Fsp3) is 0.333. The van der Waals surface area contributed by atoms with Crippen LogP contribution in [0.15, 0.2) is 18.2 Å². The van der Waals surface area contributed by atoms with Crippen LogP contribution in [0.5, 0.6) is 5.75 Å². The molecule has 0 spiro atoms. The zero-order valence-electron chi connectivity index (χ0n) is 10.1. The van der Waals surface area contributed by atoms with Crippen LogP contribution in [0.3, 0.4) is 0 Å². The maximum atomic E-state index is 12.1. The van der Waals surface area contributed by atoms with E-state index in [2.05, 4.69) is 4.74 Å². The topological polar surface area (TPSA) is 66.8 Å². The fourth-order valence-corrected chi connectivity index (χ4v) is 1.71. The van der Waals surface area contributed by atoms with E-state index in [0.717, 1.165) is 0 Å². The Labute approximate surface area is 119 Å². The molecule has 0 bridgehead atoms. The fourth-order valence-electron chi connectivity index (χ4n) is 1.38. The van der Waals surface area contributed by atoms with Crippen LogP contribution in [-0.2, 0) is 9.53 Å². The van der Waals surface area contributed by atoms with Crippen LogP contribution in [0.25, 0.3) is 0 Å². The molecule has 1 rings (SSSR count). The van der Waals surface area contributed by atoms with E-state index in [0.29, 0.717) is 15.7 Å². The number of carbonyl (C=O) groups is 2. The Morgan fingerprint density at radius 2 is 2.11 bits per heavy atom. The molecule has 0 heterocycles. The molecule has 1 N–H and O–H groups in total. The van der Waals surface area contributed by atoms with E-state index in [-0.39, 0.29) is 18.2 Å². The number of phenols is 1. The van der Waals surface area contributed by atoms with Crippen molar-refractivity contribution in [3.05, 3.63) is 27.3 Å². The molecule has 0 fully saturated rings. The first-order valence-corrected chi connectivity index (χ1v) is 6.42. The Morgan fingerprint density at radius 3 is 2.61 bits per heavy atom. The van der Waals surface area contributed by atoms with Crippen LogP contribution in [0, 0.1) is 3.57 Å². The lowest BCUT2D eigenvalue weighted by atomic mass is 10.2. The second-order valence-corrected chi connectivity index (χ2v) is 4.72. The average molecular weight is 363 g/mol. The molecule has 0 aliphatic rings. The summed E-state index contributed by atoms with van der Waals surface area (Å²) in [6, 6.07) is 4.66. The molecular formula is C12H14INO4. The number of carbonyl (C=O) groups excluding carboxylic acids is 2. The number of nitrogens with zero attached hydrogens (tertiary/aromatic N) is 1. The Bertz CT molecular complexity index is 461. The summed E-state index contributed by atoms with van der Waals surface area (Å²) in [6.07, 6.45) is 0. The van der Waals surface area contributed by atoms with Gasteiger partial charge in [-0.1, -0.05) is 0 Å². The number of methoxy groups -OCH3 is 1. The molecule has 0 aliphatic carbocycles. The first-order valence-electron chi connectivity index (χ1n) is 5.34. The second-order valence-electron chi connectivity index (χ2n) is 3.56. The Kier molecular flexibility index (Phi) is 5.39. The number of halogens is 1. The van der Waals surface area contributed by atoms with Gasteiger partial charge in [-0.15, -0.1) is 0 Å². The molecule has 18 heavy (non-hydrogen) atoms. The molecule has 1 aromatic rings. The molecule has 0 saturated heterocycles. The number of amides is 1. The molecule has 1 amide bonds. The van der Waals surface area contributed by atoms with Crippen LogP contribution in [0.1, 0.15) is 17.3 Å². The van der Waals surface area contributed by atoms with Gasteiger partial charge in [-0.2, -0.15) is 0 Å². The van der Waals surface area contributed by atoms with Gasteiger partial charge in [0.15, 0.2) is 0 Å². The summed E-state index contributed by atoms with van der Waals surface area (Å²) in [5.74, 6) is -0.731. The number of phenolic OH excluding ortho intramolecular Hbond substituents is 1. The summed E-state index contributed by atoms with van der Waals surface area (Å²) in [7, 11) is 1.28. The zero-order chi connectivity index (χ0) is 13.7. The van der Waals surface area contributed by atoms with Crippen LogP contribution in [0.4, 0.5) is 0 Å². The van der Waals surface area contributed by atoms with Crippen molar-refractivity contribution in [2.75, 3.05) is 20.2 Å². The molecule has 6 heteroatoms. The normalized spacial score (nSPS) is 9.94. The van der Waals surface area contributed by atoms with E-state index in [4.69, 9.17) is 0 Å². The third-order valence-corrected chi connectivity index (χ3v) is 3.32. The summed E-state index contributed by atoms with van der Waals surface area (Å²) in [4.78, 5) is 24.6. The Hall–Kier alpha value is -1.31. The number of rotatable bonds is 4. The van der Waals surface area contributed by atoms with E-state index in [1.54, 1.807) is 19.1 Å². The highest BCUT2D eigenvalue weighted by Crippen LogP contribution is 2.21. The van der Waals surface area contributed by atoms with E-state index in [1.165, 1.54) is 18.1 Å². The SMILES string of the molecule is CCN(CC(=O)OC)C(=O)c1ccc(I)c(O)c1. The molecule has 0 unspecified atom stereocenters. The lowest BCUT2D eigenvalue weighted by molar-refractivity contribution is -0.141. The largest absolute Gasteiger partial charge is 0.507 e. The molecule has 5 nitrogen and oxygen atoms in total. The second kappa shape index (κ2) is 6.58. The molecule has 98 valence electrons. The van der Waals surface area contributed by atoms with Gasteiger partial charge < -0.3 is 14.7 Å². The highest BCUT2D eigenvalue weighted by molar-refractivity contribution is 14.1. The zero-order valence-corrected chi connectivity index (χ0v) is 12.3. The van der Waals surface area contributed by atoms with Crippen LogP contribution in [-0.4, -0.2) is 42.1 Å². The van der Waals surface area contributed by atoms with Gasteiger partial charge in [-0.3, -0.25) is 9.59 Å². The summed E-state index contributed by atoms with van der Waals surface area (Å²) in [6.45, 7) is 2.06. The Balaban J connectivity index is 2.89. The smallest absolute Gasteiger partial charge is 0.325 e. The number of hydrogen-bond donors (Lipinski definition) is 1. The van der Waals surface area contributed by atoms with Crippen LogP contribution >= 0.6 is 22.6 Å². The van der Waals surface area contributed by atoms with Gasteiger partial charge in [0, 0.05) is 12.1 Å². The monoisotopic (exact) mass is 363 g/mol. The number of ether oxygens (including phenoxy) is 1. The minimum absolute atomic E-state index is 0.0515. The number of esters is 1. The minimum atomic E-state index is -0.472. The number of hydrogen-bond acceptors (Lipinski definition) is 4. The van der Waals surface area contributed by atoms with Crippen molar-refractivity contribution in [2.24, 2.45) is 0 Å². The highest BCUT2D eigenvalue weighted by Gasteiger charge is 2.18. The van der Waals surface area contributed by atoms with Gasteiger partial charge in [0.25, 0.3) is 5.91 Å². The van der Waals surface area contributed by atoms with Crippen LogP contribution in [0.2, 0.25) is 0 Å². The summed E-state index contributed by atoms with van der Waals surface area (Å²) >= 11 is 1.97. The maximum Gasteiger partial charge on any atom is 0.325 e. The van der Waals surface area contributed by atoms with Crippen molar-refractivity contribution in [3.8, 4) is 5.75 Å². The van der Waals surface area contributed by atoms with E-state index < -0.39 is 5.97 Å². The maximum absolute atomic E-state index is 12.1. The number of likely N-dealkylation sites (N-methyl/N-ethyl adjacent to an activating group) is 1.